The minimum Gasteiger partial charge on any atom is -0.313 e. The van der Waals surface area contributed by atoms with Gasteiger partial charge in [0.25, 0.3) is 0 Å². The van der Waals surface area contributed by atoms with Crippen molar-refractivity contribution in [2.75, 3.05) is 7.05 Å². The van der Waals surface area contributed by atoms with E-state index in [0.29, 0.717) is 10.8 Å². The van der Waals surface area contributed by atoms with Crippen LogP contribution in [0.3, 0.4) is 0 Å². The molecule has 0 bridgehead atoms. The van der Waals surface area contributed by atoms with Crippen molar-refractivity contribution >= 4 is 10.2 Å². The fourth-order valence-corrected chi connectivity index (χ4v) is 3.88. The Hall–Kier alpha value is 0.177. The molecule has 0 aliphatic heterocycles. The summed E-state index contributed by atoms with van der Waals surface area (Å²) in [6.45, 7) is 14.1. The summed E-state index contributed by atoms with van der Waals surface area (Å²) in [5, 5.41) is 3.62. The highest BCUT2D eigenvalue weighted by atomic mass is 28.1. The van der Waals surface area contributed by atoms with E-state index >= 15 is 0 Å². The Kier molecular flexibility index (Phi) is 4.41. The van der Waals surface area contributed by atoms with Crippen LogP contribution in [0.1, 0.15) is 48.0 Å². The van der Waals surface area contributed by atoms with Gasteiger partial charge in [-0.05, 0) is 24.3 Å². The molecule has 0 fully saturated rings. The van der Waals surface area contributed by atoms with E-state index < -0.39 is 0 Å². The van der Waals surface area contributed by atoms with Gasteiger partial charge >= 0.3 is 0 Å². The Labute approximate surface area is 93.5 Å². The van der Waals surface area contributed by atoms with Crippen LogP contribution >= 0.6 is 0 Å². The van der Waals surface area contributed by atoms with Crippen molar-refractivity contribution in [3.63, 3.8) is 0 Å². The van der Waals surface area contributed by atoms with E-state index in [1.807, 2.05) is 0 Å². The number of hydrogen-bond acceptors (Lipinski definition) is 1. The van der Waals surface area contributed by atoms with E-state index in [-0.39, 0.29) is 5.54 Å². The third kappa shape index (κ3) is 2.40. The van der Waals surface area contributed by atoms with Crippen LogP contribution in [0.15, 0.2) is 0 Å². The average Bonchev–Trinajstić information content (AvgIpc) is 1.94. The third-order valence-electron chi connectivity index (χ3n) is 3.61. The first kappa shape index (κ1) is 14.2. The monoisotopic (exact) mass is 215 g/mol. The molecular weight excluding hydrogens is 186 g/mol. The lowest BCUT2D eigenvalue weighted by Gasteiger charge is -2.54. The predicted molar refractivity (Wildman–Crippen MR) is 70.1 cm³/mol. The van der Waals surface area contributed by atoms with Gasteiger partial charge in [-0.2, -0.15) is 0 Å². The topological polar surface area (TPSA) is 12.0 Å². The first-order chi connectivity index (χ1) is 6.12. The van der Waals surface area contributed by atoms with Crippen LogP contribution in [-0.2, 0) is 0 Å². The second-order valence-corrected chi connectivity index (χ2v) is 7.41. The smallest absolute Gasteiger partial charge is 0.0272 e. The van der Waals surface area contributed by atoms with Gasteiger partial charge in [-0.15, -0.1) is 0 Å². The van der Waals surface area contributed by atoms with Gasteiger partial charge < -0.3 is 5.32 Å². The first-order valence-electron chi connectivity index (χ1n) is 5.81. The van der Waals surface area contributed by atoms with Gasteiger partial charge in [0.05, 0.1) is 0 Å². The Balaban J connectivity index is 5.21. The second-order valence-electron chi connectivity index (χ2n) is 6.41. The van der Waals surface area contributed by atoms with Crippen LogP contribution < -0.4 is 5.32 Å². The normalized spacial score (nSPS) is 14.8. The van der Waals surface area contributed by atoms with Crippen LogP contribution in [0.4, 0.5) is 0 Å². The predicted octanol–water partition coefficient (Wildman–Crippen LogP) is 2.21. The first-order valence-corrected chi connectivity index (χ1v) is 7.22. The fraction of sp³-hybridized carbons (Fsp3) is 1.00. The molecule has 0 amide bonds. The largest absolute Gasteiger partial charge is 0.313 e. The second kappa shape index (κ2) is 4.36. The lowest BCUT2D eigenvalue weighted by molar-refractivity contribution is 0.0247. The summed E-state index contributed by atoms with van der Waals surface area (Å²) in [6, 6.07) is 1.37. The molecule has 0 heterocycles. The zero-order valence-electron chi connectivity index (χ0n) is 11.4. The maximum atomic E-state index is 3.62. The Morgan fingerprint density at radius 1 is 0.929 bits per heavy atom. The highest BCUT2D eigenvalue weighted by molar-refractivity contribution is 6.08. The molecule has 0 aromatic rings. The van der Waals surface area contributed by atoms with Crippen LogP contribution in [0.5, 0.6) is 0 Å². The van der Waals surface area contributed by atoms with E-state index in [4.69, 9.17) is 0 Å². The number of rotatable bonds is 3. The highest BCUT2D eigenvalue weighted by Crippen LogP contribution is 2.46. The lowest BCUT2D eigenvalue weighted by Crippen LogP contribution is -2.61. The van der Waals surface area contributed by atoms with Crippen molar-refractivity contribution in [1.29, 1.82) is 0 Å². The molecule has 0 aliphatic rings. The van der Waals surface area contributed by atoms with Crippen LogP contribution in [-0.4, -0.2) is 22.8 Å². The quantitative estimate of drug-likeness (QED) is 0.712. The fourth-order valence-electron chi connectivity index (χ4n) is 3.12. The zero-order chi connectivity index (χ0) is 11.6. The number of hydrogen-bond donors (Lipinski definition) is 1. The standard InChI is InChI=1S/C12H29NSi/c1-10(2,3)12(13-7,8-9-14)11(4,5)6/h13H,8-9H2,1-7,14H3. The lowest BCUT2D eigenvalue weighted by atomic mass is 9.59. The van der Waals surface area contributed by atoms with Crippen molar-refractivity contribution in [3.8, 4) is 0 Å². The molecule has 1 nitrogen and oxygen atoms in total. The molecule has 2 heteroatoms. The summed E-state index contributed by atoms with van der Waals surface area (Å²) in [7, 11) is 3.42. The van der Waals surface area contributed by atoms with Crippen LogP contribution in [0.25, 0.3) is 0 Å². The maximum absolute atomic E-state index is 3.62. The summed E-state index contributed by atoms with van der Waals surface area (Å²) in [5.41, 5.74) is 0.872. The number of nitrogens with one attached hydrogen (secondary N) is 1. The molecule has 14 heavy (non-hydrogen) atoms. The maximum Gasteiger partial charge on any atom is 0.0272 e. The molecule has 0 saturated carbocycles. The molecule has 0 radical (unpaired) electrons. The Morgan fingerprint density at radius 2 is 1.29 bits per heavy atom. The van der Waals surface area contributed by atoms with Gasteiger partial charge in [0.1, 0.15) is 0 Å². The summed E-state index contributed by atoms with van der Waals surface area (Å²) < 4.78 is 0. The molecule has 86 valence electrons. The highest BCUT2D eigenvalue weighted by Gasteiger charge is 2.48. The van der Waals surface area contributed by atoms with Crippen molar-refractivity contribution in [2.24, 2.45) is 10.8 Å². The third-order valence-corrected chi connectivity index (χ3v) is 4.11. The molecule has 0 saturated heterocycles. The van der Waals surface area contributed by atoms with Gasteiger partial charge in [-0.3, -0.25) is 0 Å². The van der Waals surface area contributed by atoms with Crippen molar-refractivity contribution in [1.82, 2.24) is 5.32 Å². The van der Waals surface area contributed by atoms with E-state index in [0.717, 1.165) is 0 Å². The molecule has 0 unspecified atom stereocenters. The molecule has 0 aliphatic carbocycles. The molecule has 1 N–H and O–H groups in total. The van der Waals surface area contributed by atoms with E-state index in [9.17, 15) is 0 Å². The van der Waals surface area contributed by atoms with Crippen molar-refractivity contribution < 1.29 is 0 Å². The summed E-state index contributed by atoms with van der Waals surface area (Å²) in [4.78, 5) is 0. The summed E-state index contributed by atoms with van der Waals surface area (Å²) in [5.74, 6) is 0. The zero-order valence-corrected chi connectivity index (χ0v) is 13.4. The SMILES string of the molecule is CNC(CC[SiH3])(C(C)(C)C)C(C)(C)C. The molecule has 0 rings (SSSR count). The average molecular weight is 215 g/mol. The van der Waals surface area contributed by atoms with Gasteiger partial charge in [0.2, 0.25) is 0 Å². The van der Waals surface area contributed by atoms with Gasteiger partial charge in [0, 0.05) is 15.8 Å². The van der Waals surface area contributed by atoms with Crippen LogP contribution in [0, 0.1) is 10.8 Å². The van der Waals surface area contributed by atoms with E-state index in [1.165, 1.54) is 22.7 Å². The van der Waals surface area contributed by atoms with Gasteiger partial charge in [0.15, 0.2) is 0 Å². The molecule has 0 spiro atoms. The summed E-state index contributed by atoms with van der Waals surface area (Å²) >= 11 is 0. The molecular formula is C12H29NSi. The van der Waals surface area contributed by atoms with Gasteiger partial charge in [-0.1, -0.05) is 47.6 Å². The van der Waals surface area contributed by atoms with Gasteiger partial charge in [-0.25, -0.2) is 0 Å². The van der Waals surface area contributed by atoms with Crippen LogP contribution in [0.2, 0.25) is 6.04 Å². The van der Waals surface area contributed by atoms with Crippen molar-refractivity contribution in [2.45, 2.75) is 59.5 Å². The molecule has 0 aromatic carbocycles. The minimum atomic E-state index is 0.252. The molecule has 0 atom stereocenters. The Bertz CT molecular complexity index is 160. The summed E-state index contributed by atoms with van der Waals surface area (Å²) in [6.07, 6.45) is 1.29. The molecule has 0 aromatic heterocycles. The Morgan fingerprint density at radius 3 is 1.36 bits per heavy atom. The van der Waals surface area contributed by atoms with E-state index in [1.54, 1.807) is 0 Å². The van der Waals surface area contributed by atoms with Crippen molar-refractivity contribution in [3.05, 3.63) is 0 Å². The minimum absolute atomic E-state index is 0.252. The van der Waals surface area contributed by atoms with E-state index in [2.05, 4.69) is 53.9 Å².